The van der Waals surface area contributed by atoms with Gasteiger partial charge in [-0.25, -0.2) is 0 Å². The molecule has 1 amide bonds. The number of carboxylic acid groups (broad SMARTS) is 1. The second kappa shape index (κ2) is 6.55. The number of aryl methyl sites for hydroxylation is 1. The molecule has 4 heteroatoms. The van der Waals surface area contributed by atoms with E-state index in [1.165, 1.54) is 11.1 Å². The molecule has 2 atom stereocenters. The molecule has 0 heterocycles. The number of nitrogens with one attached hydrogen (secondary N) is 1. The molecule has 0 unspecified atom stereocenters. The number of aliphatic carboxylic acids is 1. The summed E-state index contributed by atoms with van der Waals surface area (Å²) >= 11 is 0. The van der Waals surface area contributed by atoms with Crippen LogP contribution in [0.3, 0.4) is 0 Å². The van der Waals surface area contributed by atoms with Crippen molar-refractivity contribution in [3.8, 4) is 0 Å². The molecule has 1 aromatic carbocycles. The lowest BCUT2D eigenvalue weighted by Crippen LogP contribution is -2.31. The van der Waals surface area contributed by atoms with Gasteiger partial charge in [0.15, 0.2) is 0 Å². The summed E-state index contributed by atoms with van der Waals surface area (Å²) in [6.45, 7) is 2.67. The van der Waals surface area contributed by atoms with Crippen molar-refractivity contribution >= 4 is 11.9 Å². The summed E-state index contributed by atoms with van der Waals surface area (Å²) in [5, 5.41) is 11.9. The zero-order valence-electron chi connectivity index (χ0n) is 11.8. The first kappa shape index (κ1) is 14.6. The van der Waals surface area contributed by atoms with Crippen molar-refractivity contribution < 1.29 is 14.7 Å². The van der Waals surface area contributed by atoms with Gasteiger partial charge in [-0.15, -0.1) is 0 Å². The van der Waals surface area contributed by atoms with Crippen molar-refractivity contribution in [2.75, 3.05) is 6.54 Å². The van der Waals surface area contributed by atoms with E-state index < -0.39 is 5.97 Å². The van der Waals surface area contributed by atoms with Crippen LogP contribution in [0, 0.1) is 18.8 Å². The SMILES string of the molecule is Cc1ccccc1CCNC(=O)[C@@H]1CC[C@H](C(=O)O)C1. The van der Waals surface area contributed by atoms with Crippen molar-refractivity contribution in [1.29, 1.82) is 0 Å². The summed E-state index contributed by atoms with van der Waals surface area (Å²) in [5.74, 6) is -1.25. The van der Waals surface area contributed by atoms with E-state index in [0.717, 1.165) is 6.42 Å². The average molecular weight is 275 g/mol. The van der Waals surface area contributed by atoms with Crippen LogP contribution in [0.1, 0.15) is 30.4 Å². The van der Waals surface area contributed by atoms with Gasteiger partial charge in [0.25, 0.3) is 0 Å². The summed E-state index contributed by atoms with van der Waals surface area (Å²) in [5.41, 5.74) is 2.47. The number of benzene rings is 1. The van der Waals surface area contributed by atoms with Crippen molar-refractivity contribution in [3.05, 3.63) is 35.4 Å². The third-order valence-corrected chi connectivity index (χ3v) is 4.11. The maximum absolute atomic E-state index is 12.0. The van der Waals surface area contributed by atoms with Gasteiger partial charge in [-0.3, -0.25) is 9.59 Å². The van der Waals surface area contributed by atoms with Gasteiger partial charge < -0.3 is 10.4 Å². The molecule has 4 nitrogen and oxygen atoms in total. The molecular formula is C16H21NO3. The van der Waals surface area contributed by atoms with Crippen LogP contribution in [0.4, 0.5) is 0 Å². The van der Waals surface area contributed by atoms with Crippen LogP contribution in [0.15, 0.2) is 24.3 Å². The normalized spacial score (nSPS) is 21.6. The standard InChI is InChI=1S/C16H21NO3/c1-11-4-2-3-5-12(11)8-9-17-15(18)13-6-7-14(10-13)16(19)20/h2-5,13-14H,6-10H2,1H3,(H,17,18)(H,19,20)/t13-,14+/m1/s1. The molecule has 0 radical (unpaired) electrons. The van der Waals surface area contributed by atoms with E-state index in [4.69, 9.17) is 5.11 Å². The van der Waals surface area contributed by atoms with Gasteiger partial charge in [0.1, 0.15) is 0 Å². The fourth-order valence-corrected chi connectivity index (χ4v) is 2.80. The molecule has 0 bridgehead atoms. The van der Waals surface area contributed by atoms with E-state index in [9.17, 15) is 9.59 Å². The van der Waals surface area contributed by atoms with Crippen molar-refractivity contribution in [2.45, 2.75) is 32.6 Å². The van der Waals surface area contributed by atoms with Gasteiger partial charge in [0.05, 0.1) is 5.92 Å². The molecular weight excluding hydrogens is 254 g/mol. The molecule has 20 heavy (non-hydrogen) atoms. The lowest BCUT2D eigenvalue weighted by molar-refractivity contribution is -0.141. The highest BCUT2D eigenvalue weighted by Gasteiger charge is 2.33. The van der Waals surface area contributed by atoms with Crippen LogP contribution in [-0.2, 0) is 16.0 Å². The number of carboxylic acids is 1. The Labute approximate surface area is 119 Å². The minimum Gasteiger partial charge on any atom is -0.481 e. The predicted molar refractivity (Wildman–Crippen MR) is 76.4 cm³/mol. The molecule has 108 valence electrons. The van der Waals surface area contributed by atoms with Crippen molar-refractivity contribution in [1.82, 2.24) is 5.32 Å². The summed E-state index contributed by atoms with van der Waals surface area (Å²) in [4.78, 5) is 22.9. The minimum absolute atomic E-state index is 0.00216. The molecule has 0 saturated heterocycles. The largest absolute Gasteiger partial charge is 0.481 e. The topological polar surface area (TPSA) is 66.4 Å². The lowest BCUT2D eigenvalue weighted by atomic mass is 10.0. The predicted octanol–water partition coefficient (Wildman–Crippen LogP) is 2.15. The van der Waals surface area contributed by atoms with Crippen LogP contribution < -0.4 is 5.32 Å². The average Bonchev–Trinajstić information content (AvgIpc) is 2.91. The Hall–Kier alpha value is -1.84. The van der Waals surface area contributed by atoms with Gasteiger partial charge in [0.2, 0.25) is 5.91 Å². The Morgan fingerprint density at radius 1 is 1.25 bits per heavy atom. The second-order valence-electron chi connectivity index (χ2n) is 5.51. The van der Waals surface area contributed by atoms with Gasteiger partial charge in [-0.05, 0) is 43.7 Å². The molecule has 0 aromatic heterocycles. The number of rotatable bonds is 5. The minimum atomic E-state index is -0.778. The first-order chi connectivity index (χ1) is 9.58. The molecule has 2 N–H and O–H groups in total. The fourth-order valence-electron chi connectivity index (χ4n) is 2.80. The Morgan fingerprint density at radius 3 is 2.60 bits per heavy atom. The highest BCUT2D eigenvalue weighted by atomic mass is 16.4. The molecule has 1 saturated carbocycles. The summed E-state index contributed by atoms with van der Waals surface area (Å²) in [6.07, 6.45) is 2.59. The van der Waals surface area contributed by atoms with Crippen LogP contribution in [0.2, 0.25) is 0 Å². The molecule has 0 aliphatic heterocycles. The van der Waals surface area contributed by atoms with E-state index in [2.05, 4.69) is 24.4 Å². The smallest absolute Gasteiger partial charge is 0.306 e. The zero-order chi connectivity index (χ0) is 14.5. The van der Waals surface area contributed by atoms with Crippen molar-refractivity contribution in [2.24, 2.45) is 11.8 Å². The number of hydrogen-bond acceptors (Lipinski definition) is 2. The van der Waals surface area contributed by atoms with E-state index in [1.807, 2.05) is 12.1 Å². The second-order valence-corrected chi connectivity index (χ2v) is 5.51. The number of amides is 1. The number of carbonyl (C=O) groups excluding carboxylic acids is 1. The van der Waals surface area contributed by atoms with Gasteiger partial charge in [-0.1, -0.05) is 24.3 Å². The Morgan fingerprint density at radius 2 is 1.95 bits per heavy atom. The van der Waals surface area contributed by atoms with Crippen LogP contribution in [0.25, 0.3) is 0 Å². The van der Waals surface area contributed by atoms with Gasteiger partial charge >= 0.3 is 5.97 Å². The first-order valence-corrected chi connectivity index (χ1v) is 7.13. The third-order valence-electron chi connectivity index (χ3n) is 4.11. The fraction of sp³-hybridized carbons (Fsp3) is 0.500. The molecule has 2 rings (SSSR count). The van der Waals surface area contributed by atoms with E-state index in [0.29, 0.717) is 25.8 Å². The molecule has 0 spiro atoms. The Balaban J connectivity index is 1.76. The molecule has 1 fully saturated rings. The number of hydrogen-bond donors (Lipinski definition) is 2. The Kier molecular flexibility index (Phi) is 4.77. The summed E-state index contributed by atoms with van der Waals surface area (Å²) < 4.78 is 0. The Bertz CT molecular complexity index is 498. The highest BCUT2D eigenvalue weighted by molar-refractivity contribution is 5.80. The monoisotopic (exact) mass is 275 g/mol. The maximum atomic E-state index is 12.0. The number of carbonyl (C=O) groups is 2. The molecule has 1 aliphatic carbocycles. The van der Waals surface area contributed by atoms with E-state index in [1.54, 1.807) is 0 Å². The highest BCUT2D eigenvalue weighted by Crippen LogP contribution is 2.31. The van der Waals surface area contributed by atoms with Gasteiger partial charge in [0, 0.05) is 12.5 Å². The third kappa shape index (κ3) is 3.59. The van der Waals surface area contributed by atoms with E-state index in [-0.39, 0.29) is 17.7 Å². The van der Waals surface area contributed by atoms with Gasteiger partial charge in [-0.2, -0.15) is 0 Å². The van der Waals surface area contributed by atoms with Crippen LogP contribution in [0.5, 0.6) is 0 Å². The lowest BCUT2D eigenvalue weighted by Gasteiger charge is -2.11. The first-order valence-electron chi connectivity index (χ1n) is 7.13. The summed E-state index contributed by atoms with van der Waals surface area (Å²) in [6, 6.07) is 8.13. The van der Waals surface area contributed by atoms with E-state index >= 15 is 0 Å². The van der Waals surface area contributed by atoms with Crippen LogP contribution >= 0.6 is 0 Å². The van der Waals surface area contributed by atoms with Crippen molar-refractivity contribution in [3.63, 3.8) is 0 Å². The zero-order valence-corrected chi connectivity index (χ0v) is 11.8. The molecule has 1 aliphatic rings. The maximum Gasteiger partial charge on any atom is 0.306 e. The summed E-state index contributed by atoms with van der Waals surface area (Å²) in [7, 11) is 0. The quantitative estimate of drug-likeness (QED) is 0.865. The van der Waals surface area contributed by atoms with Crippen LogP contribution in [-0.4, -0.2) is 23.5 Å². The molecule has 1 aromatic rings.